The lowest BCUT2D eigenvalue weighted by molar-refractivity contribution is -0.143. The standard InChI is InChI=1S/C22H28N2O6S/c1-29-18-8-16(9-19(12-18)30-2)13-24-31(27,28)20-5-3-4-15(10-20)11-21(22(25)26)17-6-7-23-14-17/h3-5,8-10,12,17,21,23-24H,6-7,11,13-14H2,1-2H3,(H,25,26)/t17-,21-/m0/s1. The summed E-state index contributed by atoms with van der Waals surface area (Å²) < 4.78 is 38.7. The Hall–Kier alpha value is -2.62. The molecule has 3 rings (SSSR count). The van der Waals surface area contributed by atoms with E-state index in [-0.39, 0.29) is 23.8 Å². The second-order valence-electron chi connectivity index (χ2n) is 7.59. The summed E-state index contributed by atoms with van der Waals surface area (Å²) in [7, 11) is -0.731. The number of sulfonamides is 1. The highest BCUT2D eigenvalue weighted by atomic mass is 32.2. The number of ether oxygens (including phenoxy) is 2. The first-order valence-corrected chi connectivity index (χ1v) is 11.5. The summed E-state index contributed by atoms with van der Waals surface area (Å²) in [5, 5.41) is 12.8. The van der Waals surface area contributed by atoms with Gasteiger partial charge in [0.2, 0.25) is 10.0 Å². The Balaban J connectivity index is 1.74. The summed E-state index contributed by atoms with van der Waals surface area (Å²) in [5.41, 5.74) is 1.38. The van der Waals surface area contributed by atoms with Crippen molar-refractivity contribution in [3.63, 3.8) is 0 Å². The maximum Gasteiger partial charge on any atom is 0.307 e. The summed E-state index contributed by atoms with van der Waals surface area (Å²) in [5.74, 6) is -0.232. The van der Waals surface area contributed by atoms with Crippen LogP contribution in [0.25, 0.3) is 0 Å². The van der Waals surface area contributed by atoms with Gasteiger partial charge in [0.05, 0.1) is 25.0 Å². The number of methoxy groups -OCH3 is 2. The Morgan fingerprint density at radius 3 is 2.45 bits per heavy atom. The van der Waals surface area contributed by atoms with Gasteiger partial charge in [-0.1, -0.05) is 12.1 Å². The van der Waals surface area contributed by atoms with Gasteiger partial charge in [-0.05, 0) is 67.2 Å². The van der Waals surface area contributed by atoms with Crippen molar-refractivity contribution >= 4 is 16.0 Å². The zero-order chi connectivity index (χ0) is 22.4. The summed E-state index contributed by atoms with van der Waals surface area (Å²) in [4.78, 5) is 11.9. The number of aliphatic carboxylic acids is 1. The van der Waals surface area contributed by atoms with Crippen LogP contribution in [0.4, 0.5) is 0 Å². The fourth-order valence-electron chi connectivity index (χ4n) is 3.80. The van der Waals surface area contributed by atoms with Crippen molar-refractivity contribution in [2.45, 2.75) is 24.3 Å². The van der Waals surface area contributed by atoms with Crippen LogP contribution >= 0.6 is 0 Å². The van der Waals surface area contributed by atoms with Crippen LogP contribution in [0.1, 0.15) is 17.5 Å². The third-order valence-electron chi connectivity index (χ3n) is 5.53. The van der Waals surface area contributed by atoms with Gasteiger partial charge < -0.3 is 19.9 Å². The molecule has 2 aromatic carbocycles. The number of carbonyl (C=O) groups is 1. The second-order valence-corrected chi connectivity index (χ2v) is 9.36. The van der Waals surface area contributed by atoms with Gasteiger partial charge in [0.25, 0.3) is 0 Å². The normalized spacial score (nSPS) is 17.3. The molecule has 0 spiro atoms. The van der Waals surface area contributed by atoms with Crippen LogP contribution in [0.3, 0.4) is 0 Å². The molecule has 0 bridgehead atoms. The summed E-state index contributed by atoms with van der Waals surface area (Å²) in [6.45, 7) is 1.54. The second kappa shape index (κ2) is 10.1. The summed E-state index contributed by atoms with van der Waals surface area (Å²) in [6, 6.07) is 11.6. The van der Waals surface area contributed by atoms with E-state index in [0.29, 0.717) is 29.2 Å². The van der Waals surface area contributed by atoms with Crippen LogP contribution in [-0.2, 0) is 27.8 Å². The van der Waals surface area contributed by atoms with Crippen molar-refractivity contribution in [2.24, 2.45) is 11.8 Å². The number of carboxylic acid groups (broad SMARTS) is 1. The molecule has 1 fully saturated rings. The maximum absolute atomic E-state index is 12.8. The van der Waals surface area contributed by atoms with E-state index in [0.717, 1.165) is 13.0 Å². The first kappa shape index (κ1) is 23.1. The molecule has 0 amide bonds. The molecule has 2 aromatic rings. The smallest absolute Gasteiger partial charge is 0.307 e. The van der Waals surface area contributed by atoms with Gasteiger partial charge in [-0.3, -0.25) is 4.79 Å². The number of carboxylic acids is 1. The third kappa shape index (κ3) is 5.96. The molecule has 2 atom stereocenters. The number of hydrogen-bond acceptors (Lipinski definition) is 6. The monoisotopic (exact) mass is 448 g/mol. The molecule has 0 aliphatic carbocycles. The van der Waals surface area contributed by atoms with E-state index in [1.54, 1.807) is 36.4 Å². The molecule has 1 aliphatic heterocycles. The highest BCUT2D eigenvalue weighted by Gasteiger charge is 2.30. The van der Waals surface area contributed by atoms with Gasteiger partial charge in [0.1, 0.15) is 11.5 Å². The zero-order valence-electron chi connectivity index (χ0n) is 17.6. The van der Waals surface area contributed by atoms with E-state index < -0.39 is 21.9 Å². The third-order valence-corrected chi connectivity index (χ3v) is 6.93. The van der Waals surface area contributed by atoms with Gasteiger partial charge in [0.15, 0.2) is 0 Å². The molecule has 0 aromatic heterocycles. The topological polar surface area (TPSA) is 114 Å². The SMILES string of the molecule is COc1cc(CNS(=O)(=O)c2cccc(C[C@H](C(=O)O)[C@H]3CCNC3)c2)cc(OC)c1. The molecule has 1 saturated heterocycles. The van der Waals surface area contributed by atoms with Crippen molar-refractivity contribution < 1.29 is 27.8 Å². The first-order valence-electron chi connectivity index (χ1n) is 10.1. The van der Waals surface area contributed by atoms with Crippen molar-refractivity contribution in [1.29, 1.82) is 0 Å². The van der Waals surface area contributed by atoms with Crippen LogP contribution in [0, 0.1) is 11.8 Å². The molecule has 8 nitrogen and oxygen atoms in total. The maximum atomic E-state index is 12.8. The number of nitrogens with one attached hydrogen (secondary N) is 2. The largest absolute Gasteiger partial charge is 0.497 e. The molecule has 0 unspecified atom stereocenters. The fraction of sp³-hybridized carbons (Fsp3) is 0.409. The van der Waals surface area contributed by atoms with E-state index in [9.17, 15) is 18.3 Å². The fourth-order valence-corrected chi connectivity index (χ4v) is 4.89. The van der Waals surface area contributed by atoms with E-state index in [1.165, 1.54) is 20.3 Å². The van der Waals surface area contributed by atoms with Gasteiger partial charge in [-0.25, -0.2) is 13.1 Å². The Bertz CT molecular complexity index is 996. The lowest BCUT2D eigenvalue weighted by atomic mass is 9.86. The first-order chi connectivity index (χ1) is 14.8. The summed E-state index contributed by atoms with van der Waals surface area (Å²) in [6.07, 6.45) is 1.10. The molecule has 1 aliphatic rings. The van der Waals surface area contributed by atoms with Gasteiger partial charge in [-0.15, -0.1) is 0 Å². The molecular formula is C22H28N2O6S. The molecule has 0 saturated carbocycles. The van der Waals surface area contributed by atoms with Gasteiger partial charge in [0, 0.05) is 12.6 Å². The minimum Gasteiger partial charge on any atom is -0.497 e. The highest BCUT2D eigenvalue weighted by Crippen LogP contribution is 2.25. The quantitative estimate of drug-likeness (QED) is 0.510. The average molecular weight is 449 g/mol. The van der Waals surface area contributed by atoms with Crippen molar-refractivity contribution in [3.8, 4) is 11.5 Å². The molecule has 0 radical (unpaired) electrons. The number of hydrogen-bond donors (Lipinski definition) is 3. The van der Waals surface area contributed by atoms with Crippen molar-refractivity contribution in [2.75, 3.05) is 27.3 Å². The minimum atomic E-state index is -3.79. The van der Waals surface area contributed by atoms with E-state index in [1.807, 2.05) is 0 Å². The van der Waals surface area contributed by atoms with E-state index in [4.69, 9.17) is 9.47 Å². The van der Waals surface area contributed by atoms with E-state index in [2.05, 4.69) is 10.0 Å². The van der Waals surface area contributed by atoms with Crippen LogP contribution < -0.4 is 19.5 Å². The predicted molar refractivity (Wildman–Crippen MR) is 116 cm³/mol. The van der Waals surface area contributed by atoms with Crippen LogP contribution in [0.5, 0.6) is 11.5 Å². The molecule has 1 heterocycles. The molecule has 9 heteroatoms. The molecule has 3 N–H and O–H groups in total. The Morgan fingerprint density at radius 2 is 1.87 bits per heavy atom. The lowest BCUT2D eigenvalue weighted by Crippen LogP contribution is -2.27. The molecule has 31 heavy (non-hydrogen) atoms. The number of rotatable bonds is 10. The van der Waals surface area contributed by atoms with E-state index >= 15 is 0 Å². The van der Waals surface area contributed by atoms with Crippen LogP contribution in [0.2, 0.25) is 0 Å². The highest BCUT2D eigenvalue weighted by molar-refractivity contribution is 7.89. The Morgan fingerprint density at radius 1 is 1.16 bits per heavy atom. The molecule has 168 valence electrons. The Labute approximate surface area is 182 Å². The van der Waals surface area contributed by atoms with Crippen molar-refractivity contribution in [1.82, 2.24) is 10.0 Å². The lowest BCUT2D eigenvalue weighted by Gasteiger charge is -2.19. The summed E-state index contributed by atoms with van der Waals surface area (Å²) >= 11 is 0. The van der Waals surface area contributed by atoms with Crippen LogP contribution in [0.15, 0.2) is 47.4 Å². The Kier molecular flexibility index (Phi) is 7.53. The van der Waals surface area contributed by atoms with Gasteiger partial charge >= 0.3 is 5.97 Å². The minimum absolute atomic E-state index is 0.0407. The van der Waals surface area contributed by atoms with Crippen LogP contribution in [-0.4, -0.2) is 46.8 Å². The average Bonchev–Trinajstić information content (AvgIpc) is 3.30. The molecular weight excluding hydrogens is 420 g/mol. The van der Waals surface area contributed by atoms with Crippen molar-refractivity contribution in [3.05, 3.63) is 53.6 Å². The van der Waals surface area contributed by atoms with Gasteiger partial charge in [-0.2, -0.15) is 0 Å². The number of benzene rings is 2. The zero-order valence-corrected chi connectivity index (χ0v) is 18.4. The predicted octanol–water partition coefficient (Wildman–Crippen LogP) is 2.04.